The Balaban J connectivity index is 1.95. The molecule has 96 valence electrons. The van der Waals surface area contributed by atoms with Crippen molar-refractivity contribution in [2.75, 3.05) is 0 Å². The minimum absolute atomic E-state index is 0.0484. The molecule has 2 nitrogen and oxygen atoms in total. The Kier molecular flexibility index (Phi) is 4.90. The fourth-order valence-electron chi connectivity index (χ4n) is 1.93. The molecule has 1 heterocycles. The number of nitrogens with zero attached hydrogens (tertiary/aromatic N) is 1. The quantitative estimate of drug-likeness (QED) is 0.859. The number of rotatable bonds is 6. The highest BCUT2D eigenvalue weighted by molar-refractivity contribution is 7.09. The van der Waals surface area contributed by atoms with Crippen LogP contribution < -0.4 is 5.73 Å². The van der Waals surface area contributed by atoms with Gasteiger partial charge in [-0.2, -0.15) is 0 Å². The van der Waals surface area contributed by atoms with Crippen LogP contribution in [-0.2, 0) is 12.8 Å². The van der Waals surface area contributed by atoms with Gasteiger partial charge in [-0.3, -0.25) is 0 Å². The molecular formula is C15H20N2S. The number of aryl methyl sites for hydroxylation is 1. The Labute approximate surface area is 113 Å². The van der Waals surface area contributed by atoms with E-state index in [2.05, 4.69) is 29.4 Å². The molecule has 0 aliphatic carbocycles. The molecule has 0 saturated carbocycles. The van der Waals surface area contributed by atoms with Crippen molar-refractivity contribution in [1.82, 2.24) is 4.98 Å². The van der Waals surface area contributed by atoms with Gasteiger partial charge >= 0.3 is 0 Å². The molecule has 0 radical (unpaired) electrons. The normalized spacial score (nSPS) is 12.6. The number of hydrogen-bond donors (Lipinski definition) is 1. The van der Waals surface area contributed by atoms with Gasteiger partial charge in [-0.25, -0.2) is 4.98 Å². The summed E-state index contributed by atoms with van der Waals surface area (Å²) in [6.45, 7) is 2.21. The molecule has 1 aromatic carbocycles. The second-order valence-electron chi connectivity index (χ2n) is 4.56. The van der Waals surface area contributed by atoms with Gasteiger partial charge in [-0.05, 0) is 18.4 Å². The van der Waals surface area contributed by atoms with Crippen LogP contribution >= 0.6 is 11.3 Å². The van der Waals surface area contributed by atoms with Gasteiger partial charge in [0.05, 0.1) is 10.7 Å². The molecule has 2 N–H and O–H groups in total. The summed E-state index contributed by atoms with van der Waals surface area (Å²) in [6, 6.07) is 10.3. The minimum Gasteiger partial charge on any atom is -0.324 e. The maximum atomic E-state index is 6.20. The van der Waals surface area contributed by atoms with E-state index in [0.717, 1.165) is 18.5 Å². The van der Waals surface area contributed by atoms with Crippen LogP contribution in [0.3, 0.4) is 0 Å². The molecule has 1 atom stereocenters. The SMILES string of the molecule is CCCCc1nc(CC(N)c2ccccc2)cs1. The van der Waals surface area contributed by atoms with E-state index in [1.165, 1.54) is 23.4 Å². The zero-order valence-corrected chi connectivity index (χ0v) is 11.6. The average Bonchev–Trinajstić information content (AvgIpc) is 2.85. The average molecular weight is 260 g/mol. The lowest BCUT2D eigenvalue weighted by Crippen LogP contribution is -2.13. The molecule has 0 aliphatic heterocycles. The summed E-state index contributed by atoms with van der Waals surface area (Å²) < 4.78 is 0. The Bertz CT molecular complexity index is 464. The molecular weight excluding hydrogens is 240 g/mol. The van der Waals surface area contributed by atoms with E-state index in [1.54, 1.807) is 11.3 Å². The van der Waals surface area contributed by atoms with E-state index in [-0.39, 0.29) is 6.04 Å². The summed E-state index contributed by atoms with van der Waals surface area (Å²) in [4.78, 5) is 4.65. The number of nitrogens with two attached hydrogens (primary N) is 1. The first-order valence-corrected chi connectivity index (χ1v) is 7.41. The van der Waals surface area contributed by atoms with Crippen molar-refractivity contribution in [3.63, 3.8) is 0 Å². The summed E-state index contributed by atoms with van der Waals surface area (Å²) in [5, 5.41) is 3.39. The lowest BCUT2D eigenvalue weighted by atomic mass is 10.0. The number of benzene rings is 1. The number of thiazole rings is 1. The summed E-state index contributed by atoms with van der Waals surface area (Å²) in [7, 11) is 0. The molecule has 0 fully saturated rings. The smallest absolute Gasteiger partial charge is 0.0928 e. The molecule has 2 aromatic rings. The topological polar surface area (TPSA) is 38.9 Å². The third-order valence-corrected chi connectivity index (χ3v) is 3.96. The maximum Gasteiger partial charge on any atom is 0.0928 e. The van der Waals surface area contributed by atoms with Gasteiger partial charge in [0.1, 0.15) is 0 Å². The van der Waals surface area contributed by atoms with Crippen LogP contribution in [0.4, 0.5) is 0 Å². The predicted molar refractivity (Wildman–Crippen MR) is 77.8 cm³/mol. The lowest BCUT2D eigenvalue weighted by Gasteiger charge is -2.09. The van der Waals surface area contributed by atoms with Gasteiger partial charge in [-0.15, -0.1) is 11.3 Å². The zero-order valence-electron chi connectivity index (χ0n) is 10.8. The van der Waals surface area contributed by atoms with Crippen LogP contribution in [0.2, 0.25) is 0 Å². The van der Waals surface area contributed by atoms with Crippen molar-refractivity contribution in [3.05, 3.63) is 52.0 Å². The van der Waals surface area contributed by atoms with Crippen LogP contribution in [0.15, 0.2) is 35.7 Å². The molecule has 1 unspecified atom stereocenters. The van der Waals surface area contributed by atoms with Crippen molar-refractivity contribution < 1.29 is 0 Å². The number of unbranched alkanes of at least 4 members (excludes halogenated alkanes) is 1. The van der Waals surface area contributed by atoms with E-state index >= 15 is 0 Å². The van der Waals surface area contributed by atoms with Crippen molar-refractivity contribution in [3.8, 4) is 0 Å². The highest BCUT2D eigenvalue weighted by atomic mass is 32.1. The van der Waals surface area contributed by atoms with Gasteiger partial charge in [0, 0.05) is 17.8 Å². The summed E-state index contributed by atoms with van der Waals surface area (Å²) in [5.74, 6) is 0. The molecule has 0 bridgehead atoms. The van der Waals surface area contributed by atoms with E-state index in [9.17, 15) is 0 Å². The standard InChI is InChI=1S/C15H20N2S/c1-2-3-9-15-17-13(11-18-15)10-14(16)12-7-5-4-6-8-12/h4-8,11,14H,2-3,9-10,16H2,1H3. The molecule has 3 heteroatoms. The number of hydrogen-bond acceptors (Lipinski definition) is 3. The molecule has 1 aromatic heterocycles. The Morgan fingerprint density at radius 1 is 1.28 bits per heavy atom. The second-order valence-corrected chi connectivity index (χ2v) is 5.50. The first kappa shape index (κ1) is 13.2. The molecule has 0 aliphatic rings. The first-order valence-electron chi connectivity index (χ1n) is 6.53. The number of aromatic nitrogens is 1. The van der Waals surface area contributed by atoms with Crippen LogP contribution in [-0.4, -0.2) is 4.98 Å². The molecule has 0 amide bonds. The lowest BCUT2D eigenvalue weighted by molar-refractivity contribution is 0.704. The van der Waals surface area contributed by atoms with Crippen molar-refractivity contribution in [1.29, 1.82) is 0 Å². The summed E-state index contributed by atoms with van der Waals surface area (Å²) in [6.07, 6.45) is 4.37. The molecule has 0 spiro atoms. The molecule has 0 saturated heterocycles. The van der Waals surface area contributed by atoms with Gasteiger partial charge in [-0.1, -0.05) is 43.7 Å². The van der Waals surface area contributed by atoms with E-state index in [1.807, 2.05) is 18.2 Å². The fraction of sp³-hybridized carbons (Fsp3) is 0.400. The Hall–Kier alpha value is -1.19. The van der Waals surface area contributed by atoms with Gasteiger partial charge in [0.15, 0.2) is 0 Å². The van der Waals surface area contributed by atoms with Crippen LogP contribution in [0, 0.1) is 0 Å². The fourth-order valence-corrected chi connectivity index (χ4v) is 2.78. The summed E-state index contributed by atoms with van der Waals surface area (Å²) in [5.41, 5.74) is 8.51. The minimum atomic E-state index is 0.0484. The van der Waals surface area contributed by atoms with Crippen LogP contribution in [0.5, 0.6) is 0 Å². The van der Waals surface area contributed by atoms with E-state index < -0.39 is 0 Å². The summed E-state index contributed by atoms with van der Waals surface area (Å²) >= 11 is 1.76. The van der Waals surface area contributed by atoms with Crippen molar-refractivity contribution in [2.45, 2.75) is 38.6 Å². The Morgan fingerprint density at radius 3 is 2.78 bits per heavy atom. The Morgan fingerprint density at radius 2 is 2.06 bits per heavy atom. The second kappa shape index (κ2) is 6.66. The van der Waals surface area contributed by atoms with E-state index in [0.29, 0.717) is 0 Å². The van der Waals surface area contributed by atoms with Crippen LogP contribution in [0.25, 0.3) is 0 Å². The maximum absolute atomic E-state index is 6.20. The molecule has 18 heavy (non-hydrogen) atoms. The largest absolute Gasteiger partial charge is 0.324 e. The van der Waals surface area contributed by atoms with Crippen molar-refractivity contribution in [2.24, 2.45) is 5.73 Å². The molecule has 2 rings (SSSR count). The van der Waals surface area contributed by atoms with Crippen LogP contribution in [0.1, 0.15) is 42.1 Å². The monoisotopic (exact) mass is 260 g/mol. The third-order valence-electron chi connectivity index (χ3n) is 3.00. The third kappa shape index (κ3) is 3.65. The van der Waals surface area contributed by atoms with Gasteiger partial charge in [0.25, 0.3) is 0 Å². The highest BCUT2D eigenvalue weighted by Gasteiger charge is 2.09. The van der Waals surface area contributed by atoms with E-state index in [4.69, 9.17) is 5.73 Å². The van der Waals surface area contributed by atoms with Gasteiger partial charge in [0.2, 0.25) is 0 Å². The van der Waals surface area contributed by atoms with Gasteiger partial charge < -0.3 is 5.73 Å². The van der Waals surface area contributed by atoms with Crippen molar-refractivity contribution >= 4 is 11.3 Å². The first-order chi connectivity index (χ1) is 8.79. The zero-order chi connectivity index (χ0) is 12.8. The highest BCUT2D eigenvalue weighted by Crippen LogP contribution is 2.18. The predicted octanol–water partition coefficient (Wildman–Crippen LogP) is 3.73.